The third-order valence-corrected chi connectivity index (χ3v) is 3.84. The largest absolute Gasteiger partial charge is 0.494 e. The van der Waals surface area contributed by atoms with Crippen molar-refractivity contribution in [2.75, 3.05) is 13.2 Å². The first-order valence-electron chi connectivity index (χ1n) is 8.14. The minimum atomic E-state index is 0.591. The molecule has 120 valence electrons. The summed E-state index contributed by atoms with van der Waals surface area (Å²) in [5.41, 5.74) is 11.2. The predicted octanol–water partition coefficient (Wildman–Crippen LogP) is 3.60. The highest BCUT2D eigenvalue weighted by Crippen LogP contribution is 2.27. The van der Waals surface area contributed by atoms with E-state index in [2.05, 4.69) is 48.7 Å². The molecule has 0 saturated carbocycles. The highest BCUT2D eigenvalue weighted by atomic mass is 16.5. The van der Waals surface area contributed by atoms with E-state index in [0.29, 0.717) is 6.54 Å². The summed E-state index contributed by atoms with van der Waals surface area (Å²) in [5, 5.41) is 0. The summed E-state index contributed by atoms with van der Waals surface area (Å²) in [6.45, 7) is 5.52. The first-order valence-corrected chi connectivity index (χ1v) is 8.14. The van der Waals surface area contributed by atoms with Gasteiger partial charge in [0.15, 0.2) is 0 Å². The van der Waals surface area contributed by atoms with Crippen LogP contribution in [0.25, 0.3) is 16.9 Å². The number of ether oxygens (including phenoxy) is 1. The topological polar surface area (TPSA) is 52.5 Å². The quantitative estimate of drug-likeness (QED) is 0.757. The lowest BCUT2D eigenvalue weighted by atomic mass is 10.1. The van der Waals surface area contributed by atoms with Crippen LogP contribution in [0.1, 0.15) is 24.6 Å². The molecule has 2 N–H and O–H groups in total. The molecule has 23 heavy (non-hydrogen) atoms. The molecule has 0 radical (unpaired) electrons. The van der Waals surface area contributed by atoms with Gasteiger partial charge in [0.1, 0.15) is 11.4 Å². The molecule has 0 atom stereocenters. The zero-order valence-corrected chi connectivity index (χ0v) is 13.7. The average molecular weight is 309 g/mol. The molecule has 1 aromatic carbocycles. The third-order valence-electron chi connectivity index (χ3n) is 3.84. The van der Waals surface area contributed by atoms with Crippen LogP contribution in [0.4, 0.5) is 0 Å². The summed E-state index contributed by atoms with van der Waals surface area (Å²) in [4.78, 5) is 4.76. The van der Waals surface area contributed by atoms with Crippen molar-refractivity contribution in [1.82, 2.24) is 9.38 Å². The Morgan fingerprint density at radius 2 is 1.96 bits per heavy atom. The van der Waals surface area contributed by atoms with Gasteiger partial charge in [0, 0.05) is 18.2 Å². The van der Waals surface area contributed by atoms with Crippen molar-refractivity contribution >= 4 is 5.65 Å². The Balaban J connectivity index is 2.04. The average Bonchev–Trinajstić information content (AvgIpc) is 2.91. The van der Waals surface area contributed by atoms with Crippen LogP contribution in [0.3, 0.4) is 0 Å². The van der Waals surface area contributed by atoms with Crippen molar-refractivity contribution in [3.05, 3.63) is 53.9 Å². The fourth-order valence-corrected chi connectivity index (χ4v) is 2.74. The van der Waals surface area contributed by atoms with Crippen molar-refractivity contribution < 1.29 is 4.74 Å². The first kappa shape index (κ1) is 15.6. The van der Waals surface area contributed by atoms with Crippen LogP contribution < -0.4 is 10.5 Å². The fourth-order valence-electron chi connectivity index (χ4n) is 2.74. The molecule has 0 spiro atoms. The normalized spacial score (nSPS) is 11.1. The number of aryl methyl sites for hydroxylation is 1. The van der Waals surface area contributed by atoms with Crippen molar-refractivity contribution in [3.8, 4) is 17.0 Å². The molecule has 2 heterocycles. The summed E-state index contributed by atoms with van der Waals surface area (Å²) in [7, 11) is 0. The minimum absolute atomic E-state index is 0.591. The Labute approximate surface area is 136 Å². The number of hydrogen-bond donors (Lipinski definition) is 1. The van der Waals surface area contributed by atoms with E-state index in [1.165, 1.54) is 5.56 Å². The van der Waals surface area contributed by atoms with Gasteiger partial charge in [0.05, 0.1) is 18.0 Å². The molecule has 0 aliphatic carbocycles. The number of benzene rings is 1. The lowest BCUT2D eigenvalue weighted by molar-refractivity contribution is 0.317. The Morgan fingerprint density at radius 1 is 1.17 bits per heavy atom. The SMILES string of the molecule is CCCOc1ccc(-c2c(CCN)nc3cc(C)ccn23)cc1. The monoisotopic (exact) mass is 309 g/mol. The number of imidazole rings is 1. The van der Waals surface area contributed by atoms with E-state index in [-0.39, 0.29) is 0 Å². The lowest BCUT2D eigenvalue weighted by Crippen LogP contribution is -2.04. The van der Waals surface area contributed by atoms with Gasteiger partial charge in [-0.2, -0.15) is 0 Å². The number of fused-ring (bicyclic) bond motifs is 1. The smallest absolute Gasteiger partial charge is 0.137 e. The van der Waals surface area contributed by atoms with Gasteiger partial charge in [-0.1, -0.05) is 6.92 Å². The van der Waals surface area contributed by atoms with Crippen molar-refractivity contribution in [2.24, 2.45) is 5.73 Å². The Kier molecular flexibility index (Phi) is 4.63. The molecule has 4 nitrogen and oxygen atoms in total. The van der Waals surface area contributed by atoms with E-state index in [9.17, 15) is 0 Å². The van der Waals surface area contributed by atoms with Gasteiger partial charge in [0.2, 0.25) is 0 Å². The van der Waals surface area contributed by atoms with Crippen molar-refractivity contribution in [2.45, 2.75) is 26.7 Å². The molecular weight excluding hydrogens is 286 g/mol. The van der Waals surface area contributed by atoms with Crippen LogP contribution in [-0.2, 0) is 6.42 Å². The predicted molar refractivity (Wildman–Crippen MR) is 93.9 cm³/mol. The molecule has 0 unspecified atom stereocenters. The van der Waals surface area contributed by atoms with E-state index >= 15 is 0 Å². The van der Waals surface area contributed by atoms with E-state index in [1.807, 2.05) is 12.1 Å². The van der Waals surface area contributed by atoms with Crippen LogP contribution >= 0.6 is 0 Å². The lowest BCUT2D eigenvalue weighted by Gasteiger charge is -2.08. The molecule has 3 rings (SSSR count). The van der Waals surface area contributed by atoms with Crippen LogP contribution in [0.15, 0.2) is 42.6 Å². The number of rotatable bonds is 6. The number of pyridine rings is 1. The van der Waals surface area contributed by atoms with E-state index in [0.717, 1.165) is 47.8 Å². The van der Waals surface area contributed by atoms with Gasteiger partial charge in [-0.15, -0.1) is 0 Å². The van der Waals surface area contributed by atoms with Crippen LogP contribution in [0, 0.1) is 6.92 Å². The molecule has 0 saturated heterocycles. The Hall–Kier alpha value is -2.33. The maximum atomic E-state index is 5.77. The number of aromatic nitrogens is 2. The van der Waals surface area contributed by atoms with Gasteiger partial charge in [0.25, 0.3) is 0 Å². The third kappa shape index (κ3) is 3.22. The van der Waals surface area contributed by atoms with Crippen molar-refractivity contribution in [3.63, 3.8) is 0 Å². The molecule has 2 aromatic heterocycles. The molecule has 0 bridgehead atoms. The van der Waals surface area contributed by atoms with E-state index < -0.39 is 0 Å². The van der Waals surface area contributed by atoms with Gasteiger partial charge < -0.3 is 10.5 Å². The second kappa shape index (κ2) is 6.84. The summed E-state index contributed by atoms with van der Waals surface area (Å²) >= 11 is 0. The molecule has 3 aromatic rings. The minimum Gasteiger partial charge on any atom is -0.494 e. The Bertz CT molecular complexity index is 790. The maximum Gasteiger partial charge on any atom is 0.137 e. The molecule has 0 fully saturated rings. The van der Waals surface area contributed by atoms with Gasteiger partial charge in [-0.05, 0) is 61.9 Å². The van der Waals surface area contributed by atoms with E-state index in [4.69, 9.17) is 15.5 Å². The van der Waals surface area contributed by atoms with Gasteiger partial charge >= 0.3 is 0 Å². The highest BCUT2D eigenvalue weighted by Gasteiger charge is 2.13. The van der Waals surface area contributed by atoms with Crippen molar-refractivity contribution in [1.29, 1.82) is 0 Å². The van der Waals surface area contributed by atoms with Gasteiger partial charge in [-0.25, -0.2) is 4.98 Å². The highest BCUT2D eigenvalue weighted by molar-refractivity contribution is 5.68. The summed E-state index contributed by atoms with van der Waals surface area (Å²) in [6, 6.07) is 12.4. The first-order chi connectivity index (χ1) is 11.2. The van der Waals surface area contributed by atoms with E-state index in [1.54, 1.807) is 0 Å². The summed E-state index contributed by atoms with van der Waals surface area (Å²) < 4.78 is 7.80. The number of nitrogens with two attached hydrogens (primary N) is 1. The molecule has 4 heteroatoms. The van der Waals surface area contributed by atoms with Gasteiger partial charge in [-0.3, -0.25) is 4.40 Å². The standard InChI is InChI=1S/C19H23N3O/c1-3-12-23-16-6-4-15(5-7-16)19-17(8-10-20)21-18-13-14(2)9-11-22(18)19/h4-7,9,11,13H,3,8,10,12,20H2,1-2H3. The second-order valence-corrected chi connectivity index (χ2v) is 5.75. The molecular formula is C19H23N3O. The number of hydrogen-bond acceptors (Lipinski definition) is 3. The zero-order chi connectivity index (χ0) is 16.2. The summed E-state index contributed by atoms with van der Waals surface area (Å²) in [6.07, 6.45) is 3.85. The number of nitrogens with zero attached hydrogens (tertiary/aromatic N) is 2. The Morgan fingerprint density at radius 3 is 2.65 bits per heavy atom. The molecule has 0 aliphatic heterocycles. The van der Waals surface area contributed by atoms with Crippen LogP contribution in [0.2, 0.25) is 0 Å². The molecule has 0 amide bonds. The van der Waals surface area contributed by atoms with Crippen LogP contribution in [0.5, 0.6) is 5.75 Å². The molecule has 0 aliphatic rings. The second-order valence-electron chi connectivity index (χ2n) is 5.75. The fraction of sp³-hybridized carbons (Fsp3) is 0.316. The van der Waals surface area contributed by atoms with Crippen LogP contribution in [-0.4, -0.2) is 22.5 Å². The summed E-state index contributed by atoms with van der Waals surface area (Å²) in [5.74, 6) is 0.903. The zero-order valence-electron chi connectivity index (χ0n) is 13.7. The maximum absolute atomic E-state index is 5.77.